The number of rotatable bonds is 3. The molecule has 0 radical (unpaired) electrons. The van der Waals surface area contributed by atoms with Crippen LogP contribution in [0.2, 0.25) is 0 Å². The minimum absolute atomic E-state index is 0.124. The predicted octanol–water partition coefficient (Wildman–Crippen LogP) is 4.46. The van der Waals surface area contributed by atoms with E-state index in [4.69, 9.17) is 0 Å². The molecule has 0 heterocycles. The molecule has 0 spiro atoms. The van der Waals surface area contributed by atoms with Crippen LogP contribution >= 0.6 is 31.9 Å². The van der Waals surface area contributed by atoms with Gasteiger partial charge in [0.25, 0.3) is 10.0 Å². The minimum atomic E-state index is -3.75. The van der Waals surface area contributed by atoms with Crippen LogP contribution in [0, 0.1) is 12.7 Å². The third-order valence-corrected chi connectivity index (χ3v) is 5.55. The highest BCUT2D eigenvalue weighted by molar-refractivity contribution is 9.11. The Labute approximate surface area is 133 Å². The molecule has 2 aromatic carbocycles. The van der Waals surface area contributed by atoms with Gasteiger partial charge in [-0.05, 0) is 74.7 Å². The molecule has 0 amide bonds. The van der Waals surface area contributed by atoms with Crippen molar-refractivity contribution in [2.75, 3.05) is 4.72 Å². The van der Waals surface area contributed by atoms with Gasteiger partial charge in [0.1, 0.15) is 10.7 Å². The number of anilines is 1. The molecule has 106 valence electrons. The van der Waals surface area contributed by atoms with Gasteiger partial charge in [-0.15, -0.1) is 0 Å². The number of hydrogen-bond acceptors (Lipinski definition) is 2. The third-order valence-electron chi connectivity index (χ3n) is 2.55. The van der Waals surface area contributed by atoms with Crippen LogP contribution in [0.4, 0.5) is 10.1 Å². The Kier molecular flexibility index (Phi) is 4.51. The first-order valence-corrected chi connectivity index (χ1v) is 8.60. The Morgan fingerprint density at radius 3 is 2.35 bits per heavy atom. The van der Waals surface area contributed by atoms with Crippen LogP contribution in [-0.4, -0.2) is 8.42 Å². The van der Waals surface area contributed by atoms with Crippen molar-refractivity contribution in [2.45, 2.75) is 11.8 Å². The van der Waals surface area contributed by atoms with Crippen LogP contribution in [0.1, 0.15) is 5.56 Å². The van der Waals surface area contributed by atoms with Crippen molar-refractivity contribution < 1.29 is 12.8 Å². The van der Waals surface area contributed by atoms with E-state index in [2.05, 4.69) is 36.6 Å². The summed E-state index contributed by atoms with van der Waals surface area (Å²) in [4.78, 5) is 0.124. The largest absolute Gasteiger partial charge is 0.278 e. The minimum Gasteiger partial charge on any atom is -0.278 e. The van der Waals surface area contributed by atoms with Crippen molar-refractivity contribution in [1.29, 1.82) is 0 Å². The maximum absolute atomic E-state index is 13.0. The van der Waals surface area contributed by atoms with Gasteiger partial charge in [-0.2, -0.15) is 0 Å². The summed E-state index contributed by atoms with van der Waals surface area (Å²) < 4.78 is 40.9. The van der Waals surface area contributed by atoms with Crippen molar-refractivity contribution in [3.8, 4) is 0 Å². The second-order valence-electron chi connectivity index (χ2n) is 4.16. The zero-order chi connectivity index (χ0) is 14.9. The van der Waals surface area contributed by atoms with E-state index < -0.39 is 15.8 Å². The Balaban J connectivity index is 2.41. The van der Waals surface area contributed by atoms with Crippen molar-refractivity contribution >= 4 is 47.6 Å². The summed E-state index contributed by atoms with van der Waals surface area (Å²) in [5, 5.41) is 0. The number of sulfonamides is 1. The SMILES string of the molecule is Cc1ccc(S(=O)(=O)Nc2ccc(F)cc2Br)c(Br)c1. The topological polar surface area (TPSA) is 46.2 Å². The third kappa shape index (κ3) is 3.39. The van der Waals surface area contributed by atoms with Gasteiger partial charge in [0.05, 0.1) is 5.69 Å². The molecule has 0 unspecified atom stereocenters. The van der Waals surface area contributed by atoms with Crippen LogP contribution in [0.15, 0.2) is 50.2 Å². The van der Waals surface area contributed by atoms with Crippen LogP contribution in [0.3, 0.4) is 0 Å². The van der Waals surface area contributed by atoms with E-state index in [1.807, 2.05) is 6.92 Å². The fourth-order valence-electron chi connectivity index (χ4n) is 1.60. The summed E-state index contributed by atoms with van der Waals surface area (Å²) in [5.74, 6) is -0.448. The average Bonchev–Trinajstić information content (AvgIpc) is 2.32. The fraction of sp³-hybridized carbons (Fsp3) is 0.0769. The summed E-state index contributed by atoms with van der Waals surface area (Å²) in [6.07, 6.45) is 0. The molecule has 0 aliphatic carbocycles. The van der Waals surface area contributed by atoms with Crippen LogP contribution in [0.25, 0.3) is 0 Å². The Morgan fingerprint density at radius 2 is 1.75 bits per heavy atom. The quantitative estimate of drug-likeness (QED) is 0.793. The normalized spacial score (nSPS) is 11.4. The second kappa shape index (κ2) is 5.83. The van der Waals surface area contributed by atoms with Gasteiger partial charge >= 0.3 is 0 Å². The lowest BCUT2D eigenvalue weighted by molar-refractivity contribution is 0.600. The van der Waals surface area contributed by atoms with E-state index in [0.29, 0.717) is 8.95 Å². The van der Waals surface area contributed by atoms with Crippen LogP contribution in [0.5, 0.6) is 0 Å². The number of nitrogens with one attached hydrogen (secondary N) is 1. The molecule has 0 saturated carbocycles. The molecular formula is C13H10Br2FNO2S. The van der Waals surface area contributed by atoms with Crippen molar-refractivity contribution in [3.63, 3.8) is 0 Å². The Hall–Kier alpha value is -0.920. The van der Waals surface area contributed by atoms with Gasteiger partial charge in [-0.25, -0.2) is 12.8 Å². The molecule has 20 heavy (non-hydrogen) atoms. The highest BCUT2D eigenvalue weighted by atomic mass is 79.9. The summed E-state index contributed by atoms with van der Waals surface area (Å²) in [5.41, 5.74) is 1.22. The Bertz CT molecular complexity index is 763. The van der Waals surface area contributed by atoms with E-state index in [-0.39, 0.29) is 10.6 Å². The number of aryl methyl sites for hydroxylation is 1. The van der Waals surface area contributed by atoms with Gasteiger partial charge in [-0.1, -0.05) is 6.07 Å². The molecule has 0 aliphatic heterocycles. The lowest BCUT2D eigenvalue weighted by atomic mass is 10.2. The van der Waals surface area contributed by atoms with Crippen molar-refractivity contribution in [1.82, 2.24) is 0 Å². The standard InChI is InChI=1S/C13H10Br2FNO2S/c1-8-2-5-13(11(15)6-8)20(18,19)17-12-4-3-9(16)7-10(12)14/h2-7,17H,1H3. The van der Waals surface area contributed by atoms with Gasteiger partial charge < -0.3 is 0 Å². The number of hydrogen-bond donors (Lipinski definition) is 1. The highest BCUT2D eigenvalue weighted by Crippen LogP contribution is 2.28. The van der Waals surface area contributed by atoms with Crippen LogP contribution < -0.4 is 4.72 Å². The number of benzene rings is 2. The monoisotopic (exact) mass is 421 g/mol. The van der Waals surface area contributed by atoms with Crippen molar-refractivity contribution in [2.24, 2.45) is 0 Å². The molecule has 0 aromatic heterocycles. The van der Waals surface area contributed by atoms with E-state index in [1.165, 1.54) is 24.3 Å². The molecule has 0 fully saturated rings. The lowest BCUT2D eigenvalue weighted by Gasteiger charge is -2.11. The molecule has 2 aromatic rings. The molecule has 3 nitrogen and oxygen atoms in total. The molecule has 1 N–H and O–H groups in total. The zero-order valence-electron chi connectivity index (χ0n) is 10.3. The van der Waals surface area contributed by atoms with Crippen LogP contribution in [-0.2, 0) is 10.0 Å². The molecule has 2 rings (SSSR count). The van der Waals surface area contributed by atoms with Crippen molar-refractivity contribution in [3.05, 3.63) is 56.7 Å². The van der Waals surface area contributed by atoms with Gasteiger partial charge in [0, 0.05) is 8.95 Å². The zero-order valence-corrected chi connectivity index (χ0v) is 14.3. The van der Waals surface area contributed by atoms with E-state index in [9.17, 15) is 12.8 Å². The number of halogens is 3. The Morgan fingerprint density at radius 1 is 1.05 bits per heavy atom. The molecule has 0 aliphatic rings. The van der Waals surface area contributed by atoms with Gasteiger partial charge in [0.15, 0.2) is 0 Å². The molecular weight excluding hydrogens is 413 g/mol. The highest BCUT2D eigenvalue weighted by Gasteiger charge is 2.18. The maximum Gasteiger partial charge on any atom is 0.263 e. The first-order chi connectivity index (χ1) is 9.29. The average molecular weight is 423 g/mol. The summed E-state index contributed by atoms with van der Waals surface area (Å²) in [6, 6.07) is 8.68. The fourth-order valence-corrected chi connectivity index (χ4v) is 4.45. The summed E-state index contributed by atoms with van der Waals surface area (Å²) in [7, 11) is -3.75. The van der Waals surface area contributed by atoms with E-state index in [1.54, 1.807) is 12.1 Å². The lowest BCUT2D eigenvalue weighted by Crippen LogP contribution is -2.14. The smallest absolute Gasteiger partial charge is 0.263 e. The van der Waals surface area contributed by atoms with E-state index >= 15 is 0 Å². The molecule has 0 atom stereocenters. The second-order valence-corrected chi connectivity index (χ2v) is 7.52. The molecule has 0 saturated heterocycles. The molecule has 7 heteroatoms. The first kappa shape index (κ1) is 15.5. The molecule has 0 bridgehead atoms. The summed E-state index contributed by atoms with van der Waals surface area (Å²) >= 11 is 6.36. The first-order valence-electron chi connectivity index (χ1n) is 5.53. The summed E-state index contributed by atoms with van der Waals surface area (Å²) in [6.45, 7) is 1.87. The van der Waals surface area contributed by atoms with Gasteiger partial charge in [-0.3, -0.25) is 4.72 Å². The maximum atomic E-state index is 13.0. The van der Waals surface area contributed by atoms with Gasteiger partial charge in [0.2, 0.25) is 0 Å². The van der Waals surface area contributed by atoms with E-state index in [0.717, 1.165) is 5.56 Å². The predicted molar refractivity (Wildman–Crippen MR) is 83.8 cm³/mol.